The summed E-state index contributed by atoms with van der Waals surface area (Å²) in [4.78, 5) is 22.9. The first-order chi connectivity index (χ1) is 9.54. The Balaban J connectivity index is 3.12. The molecule has 0 bridgehead atoms. The average molecular weight is 319 g/mol. The molecule has 0 radical (unpaired) electrons. The fourth-order valence-electron chi connectivity index (χ4n) is 1.55. The van der Waals surface area contributed by atoms with Gasteiger partial charge in [-0.25, -0.2) is 12.8 Å². The van der Waals surface area contributed by atoms with E-state index in [1.54, 1.807) is 0 Å². The SMILES string of the molecule is CN(CCS(C)(=O)=O)C(=O)c1c(F)ccc([N+](=O)[O-])c1N. The van der Waals surface area contributed by atoms with Gasteiger partial charge in [0.25, 0.3) is 11.6 Å². The molecule has 1 amide bonds. The average Bonchev–Trinajstić information content (AvgIpc) is 2.34. The molecular formula is C11H14FN3O5S. The number of rotatable bonds is 5. The van der Waals surface area contributed by atoms with Crippen molar-refractivity contribution >= 4 is 27.1 Å². The molecule has 1 rings (SSSR count). The van der Waals surface area contributed by atoms with Gasteiger partial charge < -0.3 is 10.6 Å². The van der Waals surface area contributed by atoms with Gasteiger partial charge in [0, 0.05) is 25.9 Å². The summed E-state index contributed by atoms with van der Waals surface area (Å²) in [5.74, 6) is -2.24. The Morgan fingerprint density at radius 1 is 1.48 bits per heavy atom. The topological polar surface area (TPSA) is 124 Å². The zero-order chi connectivity index (χ0) is 16.4. The zero-order valence-electron chi connectivity index (χ0n) is 11.4. The lowest BCUT2D eigenvalue weighted by atomic mass is 10.1. The summed E-state index contributed by atoms with van der Waals surface area (Å²) >= 11 is 0. The molecule has 0 saturated carbocycles. The van der Waals surface area contributed by atoms with Crippen LogP contribution >= 0.6 is 0 Å². The van der Waals surface area contributed by atoms with Gasteiger partial charge in [-0.1, -0.05) is 0 Å². The van der Waals surface area contributed by atoms with E-state index in [2.05, 4.69) is 0 Å². The van der Waals surface area contributed by atoms with E-state index in [-0.39, 0.29) is 12.3 Å². The Kier molecular flexibility index (Phi) is 4.84. The van der Waals surface area contributed by atoms with Crippen LogP contribution in [0.25, 0.3) is 0 Å². The molecule has 1 aromatic carbocycles. The standard InChI is InChI=1S/C11H14FN3O5S/c1-14(5-6-21(2,19)20)11(16)9-7(12)3-4-8(10(9)13)15(17)18/h3-4H,5-6,13H2,1-2H3. The number of carbonyl (C=O) groups is 1. The van der Waals surface area contributed by atoms with Crippen LogP contribution < -0.4 is 5.73 Å². The monoisotopic (exact) mass is 319 g/mol. The van der Waals surface area contributed by atoms with Gasteiger partial charge in [-0.3, -0.25) is 14.9 Å². The number of amides is 1. The summed E-state index contributed by atoms with van der Waals surface area (Å²) < 4.78 is 35.8. The van der Waals surface area contributed by atoms with Crippen LogP contribution in [0.5, 0.6) is 0 Å². The molecule has 0 aliphatic heterocycles. The number of nitro groups is 1. The minimum absolute atomic E-state index is 0.181. The van der Waals surface area contributed by atoms with Crippen molar-refractivity contribution in [3.8, 4) is 0 Å². The van der Waals surface area contributed by atoms with Gasteiger partial charge in [-0.05, 0) is 6.07 Å². The van der Waals surface area contributed by atoms with Crippen molar-refractivity contribution in [3.05, 3.63) is 33.6 Å². The molecule has 0 spiro atoms. The van der Waals surface area contributed by atoms with Crippen LogP contribution in [0.2, 0.25) is 0 Å². The van der Waals surface area contributed by atoms with Gasteiger partial charge in [0.15, 0.2) is 0 Å². The molecule has 0 heterocycles. The first-order valence-corrected chi connectivity index (χ1v) is 7.76. The molecule has 1 aromatic rings. The highest BCUT2D eigenvalue weighted by Gasteiger charge is 2.26. The summed E-state index contributed by atoms with van der Waals surface area (Å²) in [6.07, 6.45) is 0.994. The Bertz CT molecular complexity index is 689. The normalized spacial score (nSPS) is 11.2. The van der Waals surface area contributed by atoms with Gasteiger partial charge in [-0.2, -0.15) is 0 Å². The molecule has 10 heteroatoms. The second-order valence-electron chi connectivity index (χ2n) is 4.47. The molecular weight excluding hydrogens is 305 g/mol. The summed E-state index contributed by atoms with van der Waals surface area (Å²) in [5.41, 5.74) is 3.65. The van der Waals surface area contributed by atoms with E-state index < -0.39 is 43.4 Å². The van der Waals surface area contributed by atoms with Gasteiger partial charge in [0.05, 0.1) is 10.7 Å². The highest BCUT2D eigenvalue weighted by Crippen LogP contribution is 2.28. The Morgan fingerprint density at radius 2 is 2.05 bits per heavy atom. The lowest BCUT2D eigenvalue weighted by Gasteiger charge is -2.18. The Morgan fingerprint density at radius 3 is 2.52 bits per heavy atom. The zero-order valence-corrected chi connectivity index (χ0v) is 12.2. The number of carbonyl (C=O) groups excluding carboxylic acids is 1. The van der Waals surface area contributed by atoms with Crippen LogP contribution in [-0.2, 0) is 9.84 Å². The lowest BCUT2D eigenvalue weighted by Crippen LogP contribution is -2.32. The minimum Gasteiger partial charge on any atom is -0.392 e. The summed E-state index contributed by atoms with van der Waals surface area (Å²) in [5, 5.41) is 10.7. The number of benzene rings is 1. The summed E-state index contributed by atoms with van der Waals surface area (Å²) in [6, 6.07) is 1.63. The summed E-state index contributed by atoms with van der Waals surface area (Å²) in [6.45, 7) is -0.181. The second kappa shape index (κ2) is 6.04. The van der Waals surface area contributed by atoms with Gasteiger partial charge in [-0.15, -0.1) is 0 Å². The van der Waals surface area contributed by atoms with E-state index >= 15 is 0 Å². The van der Waals surface area contributed by atoms with Crippen molar-refractivity contribution in [1.82, 2.24) is 4.90 Å². The number of hydrogen-bond donors (Lipinski definition) is 1. The first-order valence-electron chi connectivity index (χ1n) is 5.70. The molecule has 0 aliphatic rings. The van der Waals surface area contributed by atoms with Crippen LogP contribution in [0.4, 0.5) is 15.8 Å². The number of nitrogens with two attached hydrogens (primary N) is 1. The van der Waals surface area contributed by atoms with Crippen molar-refractivity contribution in [2.24, 2.45) is 0 Å². The maximum atomic E-state index is 13.7. The Hall–Kier alpha value is -2.23. The van der Waals surface area contributed by atoms with Crippen molar-refractivity contribution in [3.63, 3.8) is 0 Å². The van der Waals surface area contributed by atoms with Crippen LogP contribution in [-0.4, -0.2) is 49.7 Å². The number of hydrogen-bond acceptors (Lipinski definition) is 6. The third-order valence-corrected chi connectivity index (χ3v) is 3.65. The van der Waals surface area contributed by atoms with Crippen molar-refractivity contribution in [2.45, 2.75) is 0 Å². The molecule has 0 fully saturated rings. The molecule has 0 unspecified atom stereocenters. The summed E-state index contributed by atoms with van der Waals surface area (Å²) in [7, 11) is -2.05. The molecule has 0 saturated heterocycles. The molecule has 0 aliphatic carbocycles. The number of nitrogens with zero attached hydrogens (tertiary/aromatic N) is 2. The highest BCUT2D eigenvalue weighted by molar-refractivity contribution is 7.90. The molecule has 0 atom stereocenters. The van der Waals surface area contributed by atoms with Crippen molar-refractivity contribution in [1.29, 1.82) is 0 Å². The van der Waals surface area contributed by atoms with Crippen LogP contribution in [0.3, 0.4) is 0 Å². The fraction of sp³-hybridized carbons (Fsp3) is 0.364. The van der Waals surface area contributed by atoms with Crippen LogP contribution in [0.15, 0.2) is 12.1 Å². The largest absolute Gasteiger partial charge is 0.392 e. The van der Waals surface area contributed by atoms with Gasteiger partial charge in [0.1, 0.15) is 26.9 Å². The third kappa shape index (κ3) is 4.12. The maximum absolute atomic E-state index is 13.7. The molecule has 21 heavy (non-hydrogen) atoms. The highest BCUT2D eigenvalue weighted by atomic mass is 32.2. The fourth-order valence-corrected chi connectivity index (χ4v) is 2.16. The van der Waals surface area contributed by atoms with E-state index in [4.69, 9.17) is 5.73 Å². The van der Waals surface area contributed by atoms with Gasteiger partial charge >= 0.3 is 0 Å². The van der Waals surface area contributed by atoms with E-state index in [1.807, 2.05) is 0 Å². The number of nitrogen functional groups attached to an aromatic ring is 1. The number of anilines is 1. The molecule has 8 nitrogen and oxygen atoms in total. The third-order valence-electron chi connectivity index (χ3n) is 2.73. The number of halogens is 1. The number of nitro benzene ring substituents is 1. The van der Waals surface area contributed by atoms with Crippen molar-refractivity contribution in [2.75, 3.05) is 31.3 Å². The predicted octanol–water partition coefficient (Wildman–Crippen LogP) is 0.433. The van der Waals surface area contributed by atoms with E-state index in [1.165, 1.54) is 7.05 Å². The van der Waals surface area contributed by atoms with Crippen LogP contribution in [0, 0.1) is 15.9 Å². The van der Waals surface area contributed by atoms with E-state index in [9.17, 15) is 27.7 Å². The Labute approximate surface area is 120 Å². The number of sulfone groups is 1. The first kappa shape index (κ1) is 16.8. The molecule has 0 aromatic heterocycles. The van der Waals surface area contributed by atoms with Crippen molar-refractivity contribution < 1.29 is 22.5 Å². The maximum Gasteiger partial charge on any atom is 0.293 e. The van der Waals surface area contributed by atoms with E-state index in [0.29, 0.717) is 0 Å². The van der Waals surface area contributed by atoms with Gasteiger partial charge in [0.2, 0.25) is 0 Å². The predicted molar refractivity (Wildman–Crippen MR) is 74.1 cm³/mol. The quantitative estimate of drug-likeness (QED) is 0.477. The van der Waals surface area contributed by atoms with Crippen LogP contribution in [0.1, 0.15) is 10.4 Å². The van der Waals surface area contributed by atoms with E-state index in [0.717, 1.165) is 23.3 Å². The second-order valence-corrected chi connectivity index (χ2v) is 6.73. The molecule has 116 valence electrons. The smallest absolute Gasteiger partial charge is 0.293 e. The minimum atomic E-state index is -3.30. The lowest BCUT2D eigenvalue weighted by molar-refractivity contribution is -0.384. The molecule has 2 N–H and O–H groups in total.